The van der Waals surface area contributed by atoms with Gasteiger partial charge in [0.1, 0.15) is 11.5 Å². The molecule has 3 aromatic carbocycles. The third-order valence-corrected chi connectivity index (χ3v) is 6.50. The van der Waals surface area contributed by atoms with Crippen LogP contribution in [0.5, 0.6) is 11.5 Å². The van der Waals surface area contributed by atoms with Gasteiger partial charge in [0, 0.05) is 21.2 Å². The van der Waals surface area contributed by atoms with E-state index in [1.807, 2.05) is 35.3 Å². The zero-order chi connectivity index (χ0) is 22.0. The molecule has 2 N–H and O–H groups in total. The SMILES string of the molecule is COc1ccc(C2=CC3c4cc(Cl)ccc4OC4(C(=O)Nc5ccc(Cl)cc54)N3N2)cc1. The Morgan fingerprint density at radius 3 is 2.56 bits per heavy atom. The number of amides is 1. The van der Waals surface area contributed by atoms with Crippen molar-refractivity contribution < 1.29 is 14.3 Å². The van der Waals surface area contributed by atoms with Crippen molar-refractivity contribution in [2.45, 2.75) is 11.8 Å². The number of hydrogen-bond acceptors (Lipinski definition) is 5. The van der Waals surface area contributed by atoms with E-state index in [0.717, 1.165) is 22.6 Å². The highest BCUT2D eigenvalue weighted by Crippen LogP contribution is 2.53. The first kappa shape index (κ1) is 19.5. The second-order valence-corrected chi connectivity index (χ2v) is 8.68. The number of ether oxygens (including phenoxy) is 2. The Morgan fingerprint density at radius 1 is 1.03 bits per heavy atom. The van der Waals surface area contributed by atoms with Crippen LogP contribution in [0, 0.1) is 0 Å². The number of hydrazine groups is 1. The first-order valence-electron chi connectivity index (χ1n) is 10.0. The minimum Gasteiger partial charge on any atom is -0.497 e. The van der Waals surface area contributed by atoms with Crippen molar-refractivity contribution in [1.29, 1.82) is 0 Å². The molecule has 0 radical (unpaired) electrons. The van der Waals surface area contributed by atoms with Crippen LogP contribution in [0.4, 0.5) is 5.69 Å². The van der Waals surface area contributed by atoms with Crippen LogP contribution in [0.1, 0.15) is 22.7 Å². The smallest absolute Gasteiger partial charge is 0.291 e. The van der Waals surface area contributed by atoms with E-state index in [0.29, 0.717) is 27.0 Å². The van der Waals surface area contributed by atoms with Gasteiger partial charge < -0.3 is 20.2 Å². The summed E-state index contributed by atoms with van der Waals surface area (Å²) in [5.41, 5.74) is 5.95. The summed E-state index contributed by atoms with van der Waals surface area (Å²) < 4.78 is 11.7. The lowest BCUT2D eigenvalue weighted by Crippen LogP contribution is -2.60. The molecule has 0 aliphatic carbocycles. The molecule has 0 fully saturated rings. The lowest BCUT2D eigenvalue weighted by atomic mass is 9.95. The zero-order valence-electron chi connectivity index (χ0n) is 16.9. The molecule has 3 aliphatic heterocycles. The van der Waals surface area contributed by atoms with Crippen molar-refractivity contribution in [3.05, 3.63) is 93.5 Å². The predicted octanol–water partition coefficient (Wildman–Crippen LogP) is 5.10. The van der Waals surface area contributed by atoms with Crippen LogP contribution >= 0.6 is 23.2 Å². The lowest BCUT2D eigenvalue weighted by Gasteiger charge is -2.44. The van der Waals surface area contributed by atoms with Gasteiger partial charge in [-0.2, -0.15) is 5.01 Å². The molecule has 3 aliphatic rings. The summed E-state index contributed by atoms with van der Waals surface area (Å²) in [4.78, 5) is 13.4. The molecule has 1 amide bonds. The average Bonchev–Trinajstić information content (AvgIpc) is 3.36. The molecule has 3 heterocycles. The molecule has 2 atom stereocenters. The number of anilines is 1. The first-order chi connectivity index (χ1) is 15.5. The summed E-state index contributed by atoms with van der Waals surface area (Å²) in [6.07, 6.45) is 2.07. The van der Waals surface area contributed by atoms with Crippen LogP contribution in [0.3, 0.4) is 0 Å². The third-order valence-electron chi connectivity index (χ3n) is 6.03. The van der Waals surface area contributed by atoms with Gasteiger partial charge in [0.15, 0.2) is 0 Å². The Morgan fingerprint density at radius 2 is 1.78 bits per heavy atom. The number of carbonyl (C=O) groups is 1. The number of benzene rings is 3. The fourth-order valence-electron chi connectivity index (χ4n) is 4.53. The van der Waals surface area contributed by atoms with Crippen molar-refractivity contribution in [3.8, 4) is 11.5 Å². The summed E-state index contributed by atoms with van der Waals surface area (Å²) in [5.74, 6) is 1.06. The molecule has 0 saturated heterocycles. The van der Waals surface area contributed by atoms with Gasteiger partial charge in [-0.05, 0) is 72.3 Å². The van der Waals surface area contributed by atoms with Crippen LogP contribution in [0.2, 0.25) is 10.0 Å². The number of fused-ring (bicyclic) bond motifs is 6. The Kier molecular flexibility index (Phi) is 4.21. The van der Waals surface area contributed by atoms with Crippen LogP contribution in [-0.4, -0.2) is 18.0 Å². The fraction of sp³-hybridized carbons (Fsp3) is 0.125. The van der Waals surface area contributed by atoms with E-state index < -0.39 is 5.72 Å². The zero-order valence-corrected chi connectivity index (χ0v) is 18.4. The molecule has 6 nitrogen and oxygen atoms in total. The number of methoxy groups -OCH3 is 1. The maximum absolute atomic E-state index is 13.4. The van der Waals surface area contributed by atoms with Gasteiger partial charge in [-0.3, -0.25) is 4.79 Å². The lowest BCUT2D eigenvalue weighted by molar-refractivity contribution is -0.165. The highest BCUT2D eigenvalue weighted by atomic mass is 35.5. The Bertz CT molecular complexity index is 1310. The van der Waals surface area contributed by atoms with Gasteiger partial charge in [-0.15, -0.1) is 0 Å². The van der Waals surface area contributed by atoms with Crippen molar-refractivity contribution in [2.75, 3.05) is 12.4 Å². The molecule has 0 saturated carbocycles. The van der Waals surface area contributed by atoms with Gasteiger partial charge in [-0.1, -0.05) is 23.2 Å². The van der Waals surface area contributed by atoms with Crippen LogP contribution in [0.15, 0.2) is 66.7 Å². The first-order valence-corrected chi connectivity index (χ1v) is 10.8. The summed E-state index contributed by atoms with van der Waals surface area (Å²) in [5, 5.41) is 5.87. The molecule has 2 unspecified atom stereocenters. The number of carbonyl (C=O) groups excluding carboxylic acids is 1. The van der Waals surface area contributed by atoms with Gasteiger partial charge in [0.05, 0.1) is 24.5 Å². The summed E-state index contributed by atoms with van der Waals surface area (Å²) in [6.45, 7) is 0. The minimum atomic E-state index is -1.43. The van der Waals surface area contributed by atoms with Crippen molar-refractivity contribution in [1.82, 2.24) is 10.4 Å². The highest BCUT2D eigenvalue weighted by Gasteiger charge is 2.60. The van der Waals surface area contributed by atoms with E-state index >= 15 is 0 Å². The molecule has 8 heteroatoms. The summed E-state index contributed by atoms with van der Waals surface area (Å²) in [7, 11) is 1.63. The van der Waals surface area contributed by atoms with E-state index in [2.05, 4.69) is 16.8 Å². The third kappa shape index (κ3) is 2.67. The summed E-state index contributed by atoms with van der Waals surface area (Å²) in [6, 6.07) is 18.1. The second kappa shape index (κ2) is 6.90. The van der Waals surface area contributed by atoms with E-state index in [4.69, 9.17) is 32.7 Å². The molecule has 32 heavy (non-hydrogen) atoms. The number of rotatable bonds is 2. The summed E-state index contributed by atoms with van der Waals surface area (Å²) >= 11 is 12.6. The molecular formula is C24H17Cl2N3O3. The molecule has 6 rings (SSSR count). The average molecular weight is 466 g/mol. The van der Waals surface area contributed by atoms with E-state index in [1.165, 1.54) is 0 Å². The Balaban J connectivity index is 1.53. The van der Waals surface area contributed by atoms with Gasteiger partial charge in [-0.25, -0.2) is 0 Å². The fourth-order valence-corrected chi connectivity index (χ4v) is 4.88. The predicted molar refractivity (Wildman–Crippen MR) is 123 cm³/mol. The molecule has 1 spiro atoms. The van der Waals surface area contributed by atoms with E-state index in [9.17, 15) is 4.79 Å². The van der Waals surface area contributed by atoms with E-state index in [1.54, 1.807) is 37.4 Å². The minimum absolute atomic E-state index is 0.294. The van der Waals surface area contributed by atoms with Crippen molar-refractivity contribution in [2.24, 2.45) is 0 Å². The number of halogens is 2. The molecular weight excluding hydrogens is 449 g/mol. The topological polar surface area (TPSA) is 62.8 Å². The van der Waals surface area contributed by atoms with Crippen LogP contribution in [0.25, 0.3) is 5.70 Å². The van der Waals surface area contributed by atoms with Crippen LogP contribution in [-0.2, 0) is 10.5 Å². The molecule has 160 valence electrons. The molecule has 0 bridgehead atoms. The van der Waals surface area contributed by atoms with Crippen molar-refractivity contribution >= 4 is 40.5 Å². The molecule has 0 aromatic heterocycles. The maximum atomic E-state index is 13.4. The number of nitrogens with zero attached hydrogens (tertiary/aromatic N) is 1. The highest BCUT2D eigenvalue weighted by molar-refractivity contribution is 6.31. The Labute approximate surface area is 194 Å². The maximum Gasteiger partial charge on any atom is 0.291 e. The number of hydrogen-bond donors (Lipinski definition) is 2. The standard InChI is InChI=1S/C24H17Cl2N3O3/c1-31-16-6-2-13(3-7-16)20-12-21-17-10-14(25)5-9-22(17)32-24(29(21)28-20)18-11-15(26)4-8-19(18)27-23(24)30/h2-12,21,28H,1H3,(H,27,30). The second-order valence-electron chi connectivity index (χ2n) is 7.81. The van der Waals surface area contributed by atoms with Gasteiger partial charge in [0.2, 0.25) is 0 Å². The monoisotopic (exact) mass is 465 g/mol. The largest absolute Gasteiger partial charge is 0.497 e. The van der Waals surface area contributed by atoms with E-state index in [-0.39, 0.29) is 11.9 Å². The van der Waals surface area contributed by atoms with Gasteiger partial charge in [0.25, 0.3) is 11.6 Å². The quantitative estimate of drug-likeness (QED) is 0.550. The van der Waals surface area contributed by atoms with Gasteiger partial charge >= 0.3 is 0 Å². The van der Waals surface area contributed by atoms with Crippen LogP contribution < -0.4 is 20.2 Å². The molecule has 3 aromatic rings. The van der Waals surface area contributed by atoms with Crippen molar-refractivity contribution in [3.63, 3.8) is 0 Å². The Hall–Kier alpha value is -3.19. The normalized spacial score (nSPS) is 22.9. The number of nitrogens with one attached hydrogen (secondary N) is 2.